The van der Waals surface area contributed by atoms with Gasteiger partial charge in [0.25, 0.3) is 0 Å². The number of amides is 2. The molecule has 0 atom stereocenters. The Morgan fingerprint density at radius 3 is 2.76 bits per heavy atom. The van der Waals surface area contributed by atoms with Gasteiger partial charge >= 0.3 is 12.0 Å². The molecular formula is C13H13BrN4O3. The maximum Gasteiger partial charge on any atom is 0.335 e. The van der Waals surface area contributed by atoms with Crippen molar-refractivity contribution in [1.29, 1.82) is 0 Å². The molecule has 7 nitrogen and oxygen atoms in total. The van der Waals surface area contributed by atoms with Crippen molar-refractivity contribution in [3.05, 3.63) is 45.7 Å². The van der Waals surface area contributed by atoms with E-state index in [1.54, 1.807) is 12.3 Å². The SMILES string of the molecule is Cc1[nH]ncc1CNC(=O)Nc1cc(Br)cc(C(=O)O)c1. The van der Waals surface area contributed by atoms with Crippen LogP contribution in [0.5, 0.6) is 0 Å². The highest BCUT2D eigenvalue weighted by Crippen LogP contribution is 2.19. The molecule has 1 aromatic carbocycles. The average Bonchev–Trinajstić information content (AvgIpc) is 2.81. The van der Waals surface area contributed by atoms with E-state index in [9.17, 15) is 9.59 Å². The summed E-state index contributed by atoms with van der Waals surface area (Å²) in [6, 6.07) is 4.04. The van der Waals surface area contributed by atoms with Gasteiger partial charge in [-0.25, -0.2) is 9.59 Å². The molecule has 21 heavy (non-hydrogen) atoms. The number of aromatic nitrogens is 2. The predicted octanol–water partition coefficient (Wildman–Crippen LogP) is 2.50. The Hall–Kier alpha value is -2.35. The van der Waals surface area contributed by atoms with E-state index in [4.69, 9.17) is 5.11 Å². The number of carbonyl (C=O) groups excluding carboxylic acids is 1. The summed E-state index contributed by atoms with van der Waals surface area (Å²) < 4.78 is 0.573. The summed E-state index contributed by atoms with van der Waals surface area (Å²) in [6.45, 7) is 2.18. The number of aromatic amines is 1. The highest BCUT2D eigenvalue weighted by molar-refractivity contribution is 9.10. The van der Waals surface area contributed by atoms with E-state index in [0.29, 0.717) is 16.7 Å². The van der Waals surface area contributed by atoms with Crippen molar-refractivity contribution in [3.8, 4) is 0 Å². The lowest BCUT2D eigenvalue weighted by Gasteiger charge is -2.08. The van der Waals surface area contributed by atoms with Crippen LogP contribution in [0.4, 0.5) is 10.5 Å². The number of nitrogens with zero attached hydrogens (tertiary/aromatic N) is 1. The summed E-state index contributed by atoms with van der Waals surface area (Å²) in [5.74, 6) is -1.06. The van der Waals surface area contributed by atoms with Crippen molar-refractivity contribution < 1.29 is 14.7 Å². The van der Waals surface area contributed by atoms with E-state index in [1.165, 1.54) is 12.1 Å². The molecule has 0 saturated heterocycles. The van der Waals surface area contributed by atoms with Gasteiger partial charge in [0.1, 0.15) is 0 Å². The average molecular weight is 353 g/mol. The maximum absolute atomic E-state index is 11.8. The fourth-order valence-corrected chi connectivity index (χ4v) is 2.18. The second-order valence-electron chi connectivity index (χ2n) is 4.36. The number of hydrogen-bond acceptors (Lipinski definition) is 3. The second kappa shape index (κ2) is 6.40. The Balaban J connectivity index is 1.99. The predicted molar refractivity (Wildman–Crippen MR) is 80.3 cm³/mol. The van der Waals surface area contributed by atoms with Crippen LogP contribution in [0.1, 0.15) is 21.6 Å². The Kier molecular flexibility index (Phi) is 4.59. The van der Waals surface area contributed by atoms with Crippen LogP contribution in [0.3, 0.4) is 0 Å². The number of hydrogen-bond donors (Lipinski definition) is 4. The topological polar surface area (TPSA) is 107 Å². The van der Waals surface area contributed by atoms with Crippen molar-refractivity contribution >= 4 is 33.6 Å². The highest BCUT2D eigenvalue weighted by atomic mass is 79.9. The zero-order valence-electron chi connectivity index (χ0n) is 11.1. The maximum atomic E-state index is 11.8. The van der Waals surface area contributed by atoms with Gasteiger partial charge in [-0.05, 0) is 25.1 Å². The van der Waals surface area contributed by atoms with Crippen LogP contribution in [-0.2, 0) is 6.54 Å². The van der Waals surface area contributed by atoms with Crippen LogP contribution in [0.25, 0.3) is 0 Å². The molecule has 0 radical (unpaired) electrons. The van der Waals surface area contributed by atoms with Crippen LogP contribution in [0, 0.1) is 6.92 Å². The molecule has 0 fully saturated rings. The first-order valence-corrected chi connectivity index (χ1v) is 6.82. The number of nitrogens with one attached hydrogen (secondary N) is 3. The van der Waals surface area contributed by atoms with Crippen molar-refractivity contribution in [2.75, 3.05) is 5.32 Å². The van der Waals surface area contributed by atoms with Gasteiger partial charge in [-0.1, -0.05) is 15.9 Å². The monoisotopic (exact) mass is 352 g/mol. The lowest BCUT2D eigenvalue weighted by molar-refractivity contribution is 0.0697. The number of carboxylic acids is 1. The van der Waals surface area contributed by atoms with Gasteiger partial charge in [0, 0.05) is 28.0 Å². The largest absolute Gasteiger partial charge is 0.478 e. The number of carboxylic acid groups (broad SMARTS) is 1. The number of benzene rings is 1. The Labute approximate surface area is 128 Å². The first-order valence-electron chi connectivity index (χ1n) is 6.03. The number of H-pyrrole nitrogens is 1. The number of carbonyl (C=O) groups is 2. The molecule has 8 heteroatoms. The molecule has 110 valence electrons. The molecule has 0 aliphatic rings. The number of urea groups is 1. The minimum absolute atomic E-state index is 0.0883. The van der Waals surface area contributed by atoms with E-state index in [2.05, 4.69) is 36.8 Å². The van der Waals surface area contributed by atoms with Crippen molar-refractivity contribution in [1.82, 2.24) is 15.5 Å². The Morgan fingerprint density at radius 2 is 2.14 bits per heavy atom. The molecule has 0 aliphatic heterocycles. The summed E-state index contributed by atoms with van der Waals surface area (Å²) in [4.78, 5) is 22.7. The molecular weight excluding hydrogens is 340 g/mol. The van der Waals surface area contributed by atoms with Gasteiger partial charge in [0.15, 0.2) is 0 Å². The van der Waals surface area contributed by atoms with Crippen LogP contribution in [0.2, 0.25) is 0 Å². The first-order chi connectivity index (χ1) is 9.95. The van der Waals surface area contributed by atoms with E-state index in [-0.39, 0.29) is 5.56 Å². The molecule has 0 bridgehead atoms. The van der Waals surface area contributed by atoms with E-state index >= 15 is 0 Å². The van der Waals surface area contributed by atoms with Gasteiger partial charge in [0.2, 0.25) is 0 Å². The minimum atomic E-state index is -1.06. The van der Waals surface area contributed by atoms with E-state index in [0.717, 1.165) is 11.3 Å². The third kappa shape index (κ3) is 4.06. The molecule has 4 N–H and O–H groups in total. The minimum Gasteiger partial charge on any atom is -0.478 e. The molecule has 0 unspecified atom stereocenters. The summed E-state index contributed by atoms with van der Waals surface area (Å²) in [7, 11) is 0. The van der Waals surface area contributed by atoms with Crippen molar-refractivity contribution in [2.24, 2.45) is 0 Å². The van der Waals surface area contributed by atoms with Gasteiger partial charge in [-0.3, -0.25) is 5.10 Å². The lowest BCUT2D eigenvalue weighted by atomic mass is 10.2. The van der Waals surface area contributed by atoms with Crippen molar-refractivity contribution in [2.45, 2.75) is 13.5 Å². The smallest absolute Gasteiger partial charge is 0.335 e. The fourth-order valence-electron chi connectivity index (χ4n) is 1.69. The molecule has 2 amide bonds. The third-order valence-corrected chi connectivity index (χ3v) is 3.23. The van der Waals surface area contributed by atoms with Crippen LogP contribution < -0.4 is 10.6 Å². The quantitative estimate of drug-likeness (QED) is 0.677. The Morgan fingerprint density at radius 1 is 1.38 bits per heavy atom. The number of anilines is 1. The molecule has 2 aromatic rings. The standard InChI is InChI=1S/C13H13BrN4O3/c1-7-9(6-16-18-7)5-15-13(21)17-11-3-8(12(19)20)2-10(14)4-11/h2-4,6H,5H2,1H3,(H,16,18)(H,19,20)(H2,15,17,21). The summed E-state index contributed by atoms with van der Waals surface area (Å²) in [5, 5.41) is 20.9. The van der Waals surface area contributed by atoms with Gasteiger partial charge in [-0.2, -0.15) is 5.10 Å². The Bertz CT molecular complexity index is 684. The third-order valence-electron chi connectivity index (χ3n) is 2.78. The van der Waals surface area contributed by atoms with Gasteiger partial charge < -0.3 is 15.7 Å². The first kappa shape index (κ1) is 15.0. The number of aryl methyl sites for hydroxylation is 1. The fraction of sp³-hybridized carbons (Fsp3) is 0.154. The highest BCUT2D eigenvalue weighted by Gasteiger charge is 2.09. The number of aromatic carboxylic acids is 1. The summed E-state index contributed by atoms with van der Waals surface area (Å²) in [5.41, 5.74) is 2.24. The van der Waals surface area contributed by atoms with Crippen molar-refractivity contribution in [3.63, 3.8) is 0 Å². The van der Waals surface area contributed by atoms with E-state index < -0.39 is 12.0 Å². The molecule has 0 aliphatic carbocycles. The zero-order chi connectivity index (χ0) is 15.4. The number of halogens is 1. The molecule has 2 rings (SSSR count). The second-order valence-corrected chi connectivity index (χ2v) is 5.28. The summed E-state index contributed by atoms with van der Waals surface area (Å²) >= 11 is 3.20. The molecule has 0 saturated carbocycles. The molecule has 1 heterocycles. The molecule has 1 aromatic heterocycles. The molecule has 0 spiro atoms. The number of rotatable bonds is 4. The lowest BCUT2D eigenvalue weighted by Crippen LogP contribution is -2.28. The zero-order valence-corrected chi connectivity index (χ0v) is 12.7. The van der Waals surface area contributed by atoms with Crippen LogP contribution in [0.15, 0.2) is 28.9 Å². The van der Waals surface area contributed by atoms with Gasteiger partial charge in [0.05, 0.1) is 11.8 Å². The van der Waals surface area contributed by atoms with E-state index in [1.807, 2.05) is 6.92 Å². The van der Waals surface area contributed by atoms with Crippen LogP contribution in [-0.4, -0.2) is 27.3 Å². The normalized spacial score (nSPS) is 10.2. The summed E-state index contributed by atoms with van der Waals surface area (Å²) in [6.07, 6.45) is 1.64. The van der Waals surface area contributed by atoms with Crippen LogP contribution >= 0.6 is 15.9 Å². The van der Waals surface area contributed by atoms with Gasteiger partial charge in [-0.15, -0.1) is 0 Å².